The van der Waals surface area contributed by atoms with Gasteiger partial charge < -0.3 is 14.6 Å². The number of hydrogen-bond donors (Lipinski definition) is 1. The summed E-state index contributed by atoms with van der Waals surface area (Å²) in [4.78, 5) is 33.6. The zero-order chi connectivity index (χ0) is 23.8. The van der Waals surface area contributed by atoms with E-state index in [9.17, 15) is 9.59 Å². The van der Waals surface area contributed by atoms with Gasteiger partial charge in [-0.2, -0.15) is 4.99 Å². The van der Waals surface area contributed by atoms with Crippen LogP contribution in [-0.4, -0.2) is 41.6 Å². The lowest BCUT2D eigenvalue weighted by Crippen LogP contribution is -2.29. The summed E-state index contributed by atoms with van der Waals surface area (Å²) in [5, 5.41) is 4.86. The number of aromatic nitrogens is 2. The van der Waals surface area contributed by atoms with Crippen LogP contribution in [0.2, 0.25) is 0 Å². The lowest BCUT2D eigenvalue weighted by Gasteiger charge is -2.11. The third-order valence-electron chi connectivity index (χ3n) is 5.18. The van der Waals surface area contributed by atoms with Crippen molar-refractivity contribution >= 4 is 23.2 Å². The number of nitrogens with one attached hydrogen (secondary N) is 1. The van der Waals surface area contributed by atoms with E-state index in [1.54, 1.807) is 18.3 Å². The Morgan fingerprint density at radius 1 is 1.18 bits per heavy atom. The molecule has 0 spiro atoms. The number of aryl methyl sites for hydroxylation is 1. The summed E-state index contributed by atoms with van der Waals surface area (Å²) in [6.45, 7) is 7.36. The quantitative estimate of drug-likeness (QED) is 0.484. The summed E-state index contributed by atoms with van der Waals surface area (Å²) in [7, 11) is 1.49. The monoisotopic (exact) mass is 466 g/mol. The number of methoxy groups -OCH3 is 1. The van der Waals surface area contributed by atoms with Crippen LogP contribution in [0.25, 0.3) is 11.3 Å². The van der Waals surface area contributed by atoms with Crippen LogP contribution in [0.4, 0.5) is 0 Å². The van der Waals surface area contributed by atoms with Crippen LogP contribution < -0.4 is 10.1 Å². The van der Waals surface area contributed by atoms with Gasteiger partial charge in [0.1, 0.15) is 6.61 Å². The van der Waals surface area contributed by atoms with Crippen molar-refractivity contribution in [2.75, 3.05) is 20.3 Å². The number of carbonyl (C=O) groups excluding carboxylic acids is 2. The largest absolute Gasteiger partial charge is 0.375 e. The first kappa shape index (κ1) is 24.5. The van der Waals surface area contributed by atoms with Gasteiger partial charge in [0.05, 0.1) is 11.3 Å². The summed E-state index contributed by atoms with van der Waals surface area (Å²) in [5.41, 5.74) is 4.63. The zero-order valence-electron chi connectivity index (χ0n) is 19.5. The summed E-state index contributed by atoms with van der Waals surface area (Å²) < 4.78 is 6.89. The topological polar surface area (TPSA) is 85.6 Å². The van der Waals surface area contributed by atoms with Crippen molar-refractivity contribution in [3.8, 4) is 11.3 Å². The molecule has 0 saturated heterocycles. The smallest absolute Gasteiger partial charge is 0.281 e. The molecule has 1 aromatic carbocycles. The first-order valence-electron chi connectivity index (χ1n) is 10.9. The summed E-state index contributed by atoms with van der Waals surface area (Å²) >= 11 is 1.43. The van der Waals surface area contributed by atoms with E-state index in [4.69, 9.17) is 4.74 Å². The van der Waals surface area contributed by atoms with E-state index in [1.807, 2.05) is 16.9 Å². The number of ether oxygens (including phenoxy) is 1. The van der Waals surface area contributed by atoms with Crippen molar-refractivity contribution in [1.82, 2.24) is 14.9 Å². The van der Waals surface area contributed by atoms with Gasteiger partial charge in [0.25, 0.3) is 5.91 Å². The van der Waals surface area contributed by atoms with Crippen molar-refractivity contribution < 1.29 is 14.3 Å². The molecule has 7 nitrogen and oxygen atoms in total. The molecule has 0 radical (unpaired) electrons. The molecule has 33 heavy (non-hydrogen) atoms. The second-order valence-corrected chi connectivity index (χ2v) is 8.91. The summed E-state index contributed by atoms with van der Waals surface area (Å²) in [5.74, 6) is -0.0202. The highest BCUT2D eigenvalue weighted by molar-refractivity contribution is 7.07. The molecule has 2 aromatic heterocycles. The Bertz CT molecular complexity index is 1150. The molecule has 2 heterocycles. The minimum atomic E-state index is -0.326. The van der Waals surface area contributed by atoms with Crippen molar-refractivity contribution in [3.63, 3.8) is 0 Å². The molecular weight excluding hydrogens is 436 g/mol. The van der Waals surface area contributed by atoms with E-state index in [1.165, 1.54) is 24.0 Å². The van der Waals surface area contributed by atoms with Gasteiger partial charge in [0.15, 0.2) is 4.80 Å². The average molecular weight is 467 g/mol. The molecule has 0 atom stereocenters. The van der Waals surface area contributed by atoms with E-state index in [0.717, 1.165) is 17.0 Å². The fourth-order valence-electron chi connectivity index (χ4n) is 3.30. The Labute approximate surface area is 198 Å². The molecule has 0 aliphatic rings. The molecular formula is C25H30N4O3S. The highest BCUT2D eigenvalue weighted by atomic mass is 32.1. The average Bonchev–Trinajstić information content (AvgIpc) is 3.19. The summed E-state index contributed by atoms with van der Waals surface area (Å²) in [6, 6.07) is 12.0. The van der Waals surface area contributed by atoms with Crippen LogP contribution in [0, 0.1) is 6.92 Å². The van der Waals surface area contributed by atoms with E-state index >= 15 is 0 Å². The number of rotatable bonds is 9. The molecule has 0 saturated carbocycles. The normalized spacial score (nSPS) is 11.7. The SMILES string of the molecule is COCC(=O)NCCCn1c(-c2ccc(C(C)C)cc2)csc1=NC(=O)c1ccc(C)nc1. The maximum atomic E-state index is 12.7. The number of thiazole rings is 1. The Kier molecular flexibility index (Phi) is 8.68. The van der Waals surface area contributed by atoms with Crippen LogP contribution in [0.1, 0.15) is 47.8 Å². The van der Waals surface area contributed by atoms with Crippen LogP contribution in [0.15, 0.2) is 53.0 Å². The van der Waals surface area contributed by atoms with Crippen LogP contribution in [0.5, 0.6) is 0 Å². The van der Waals surface area contributed by atoms with Gasteiger partial charge in [0.2, 0.25) is 5.91 Å². The molecule has 2 amide bonds. The molecule has 0 bridgehead atoms. The molecule has 174 valence electrons. The number of pyridine rings is 1. The van der Waals surface area contributed by atoms with E-state index in [-0.39, 0.29) is 18.4 Å². The Morgan fingerprint density at radius 3 is 2.58 bits per heavy atom. The maximum Gasteiger partial charge on any atom is 0.281 e. The Hall–Kier alpha value is -3.10. The fraction of sp³-hybridized carbons (Fsp3) is 0.360. The third-order valence-corrected chi connectivity index (χ3v) is 6.05. The van der Waals surface area contributed by atoms with Gasteiger partial charge in [-0.25, -0.2) is 0 Å². The van der Waals surface area contributed by atoms with Gasteiger partial charge in [-0.05, 0) is 42.5 Å². The number of nitrogens with zero attached hydrogens (tertiary/aromatic N) is 3. The predicted octanol–water partition coefficient (Wildman–Crippen LogP) is 3.94. The fourth-order valence-corrected chi connectivity index (χ4v) is 4.23. The van der Waals surface area contributed by atoms with Crippen molar-refractivity contribution in [2.24, 2.45) is 4.99 Å². The van der Waals surface area contributed by atoms with Gasteiger partial charge in [0, 0.05) is 37.5 Å². The van der Waals surface area contributed by atoms with Crippen molar-refractivity contribution in [2.45, 2.75) is 39.7 Å². The number of benzene rings is 1. The lowest BCUT2D eigenvalue weighted by atomic mass is 10.0. The van der Waals surface area contributed by atoms with Gasteiger partial charge in [-0.15, -0.1) is 11.3 Å². The van der Waals surface area contributed by atoms with E-state index in [0.29, 0.717) is 35.8 Å². The predicted molar refractivity (Wildman–Crippen MR) is 130 cm³/mol. The van der Waals surface area contributed by atoms with E-state index < -0.39 is 0 Å². The van der Waals surface area contributed by atoms with Crippen molar-refractivity contribution in [1.29, 1.82) is 0 Å². The van der Waals surface area contributed by atoms with E-state index in [2.05, 4.69) is 53.4 Å². The minimum absolute atomic E-state index is 0.0404. The molecule has 3 rings (SSSR count). The highest BCUT2D eigenvalue weighted by Crippen LogP contribution is 2.23. The van der Waals surface area contributed by atoms with Gasteiger partial charge in [-0.3, -0.25) is 14.6 Å². The van der Waals surface area contributed by atoms with Gasteiger partial charge in [-0.1, -0.05) is 38.1 Å². The Balaban J connectivity index is 1.89. The van der Waals surface area contributed by atoms with Crippen LogP contribution in [-0.2, 0) is 16.1 Å². The molecule has 3 aromatic rings. The van der Waals surface area contributed by atoms with Gasteiger partial charge >= 0.3 is 0 Å². The number of amides is 2. The zero-order valence-corrected chi connectivity index (χ0v) is 20.3. The number of carbonyl (C=O) groups is 2. The summed E-state index contributed by atoms with van der Waals surface area (Å²) in [6.07, 6.45) is 2.24. The first-order valence-corrected chi connectivity index (χ1v) is 11.8. The minimum Gasteiger partial charge on any atom is -0.375 e. The number of hydrogen-bond acceptors (Lipinski definition) is 5. The molecule has 0 aliphatic carbocycles. The lowest BCUT2D eigenvalue weighted by molar-refractivity contribution is -0.124. The van der Waals surface area contributed by atoms with Crippen molar-refractivity contribution in [3.05, 3.63) is 69.6 Å². The second-order valence-electron chi connectivity index (χ2n) is 8.07. The molecule has 0 aliphatic heterocycles. The standard InChI is InChI=1S/C25H30N4O3S/c1-17(2)19-8-10-20(11-9-19)22-16-33-25(28-24(31)21-7-6-18(3)27-14-21)29(22)13-5-12-26-23(30)15-32-4/h6-11,14,16-17H,5,12-13,15H2,1-4H3,(H,26,30). The molecule has 8 heteroatoms. The third kappa shape index (κ3) is 6.69. The highest BCUT2D eigenvalue weighted by Gasteiger charge is 2.12. The molecule has 0 unspecified atom stereocenters. The molecule has 0 fully saturated rings. The molecule has 1 N–H and O–H groups in total. The van der Waals surface area contributed by atoms with Crippen LogP contribution >= 0.6 is 11.3 Å². The van der Waals surface area contributed by atoms with Crippen LogP contribution in [0.3, 0.4) is 0 Å². The second kappa shape index (κ2) is 11.7. The first-order chi connectivity index (χ1) is 15.9. The maximum absolute atomic E-state index is 12.7. The Morgan fingerprint density at radius 2 is 1.94 bits per heavy atom.